The summed E-state index contributed by atoms with van der Waals surface area (Å²) in [7, 11) is 3.05. The molecule has 19 heavy (non-hydrogen) atoms. The molecule has 5 heteroatoms. The number of ether oxygens (including phenoxy) is 2. The first-order chi connectivity index (χ1) is 9.21. The molecule has 0 aromatic heterocycles. The van der Waals surface area contributed by atoms with Gasteiger partial charge in [-0.1, -0.05) is 0 Å². The van der Waals surface area contributed by atoms with Crippen LogP contribution in [0.2, 0.25) is 0 Å². The number of esters is 1. The zero-order chi connectivity index (χ0) is 14.1. The SMILES string of the molecule is COCC(CCCN)Nc1ccc(C(=O)OC)cc1. The Labute approximate surface area is 114 Å². The van der Waals surface area contributed by atoms with E-state index in [2.05, 4.69) is 10.1 Å². The highest BCUT2D eigenvalue weighted by molar-refractivity contribution is 5.89. The van der Waals surface area contributed by atoms with Crippen LogP contribution in [0.5, 0.6) is 0 Å². The Morgan fingerprint density at radius 2 is 2.00 bits per heavy atom. The molecule has 0 aliphatic heterocycles. The molecule has 0 heterocycles. The van der Waals surface area contributed by atoms with E-state index in [-0.39, 0.29) is 12.0 Å². The first-order valence-corrected chi connectivity index (χ1v) is 6.35. The van der Waals surface area contributed by atoms with E-state index in [0.29, 0.717) is 18.7 Å². The number of hydrogen-bond donors (Lipinski definition) is 2. The Morgan fingerprint density at radius 1 is 1.32 bits per heavy atom. The molecular weight excluding hydrogens is 244 g/mol. The van der Waals surface area contributed by atoms with E-state index in [0.717, 1.165) is 18.5 Å². The van der Waals surface area contributed by atoms with Crippen LogP contribution in [0.25, 0.3) is 0 Å². The average molecular weight is 266 g/mol. The molecule has 0 bridgehead atoms. The van der Waals surface area contributed by atoms with Crippen molar-refractivity contribution < 1.29 is 14.3 Å². The van der Waals surface area contributed by atoms with Crippen molar-refractivity contribution in [3.63, 3.8) is 0 Å². The second-order valence-electron chi connectivity index (χ2n) is 4.30. The minimum absolute atomic E-state index is 0.220. The van der Waals surface area contributed by atoms with E-state index >= 15 is 0 Å². The number of nitrogens with two attached hydrogens (primary N) is 1. The third kappa shape index (κ3) is 5.28. The summed E-state index contributed by atoms with van der Waals surface area (Å²) in [5, 5.41) is 3.37. The van der Waals surface area contributed by atoms with Crippen molar-refractivity contribution >= 4 is 11.7 Å². The van der Waals surface area contributed by atoms with Crippen molar-refractivity contribution in [1.82, 2.24) is 0 Å². The molecule has 1 unspecified atom stereocenters. The van der Waals surface area contributed by atoms with Crippen LogP contribution in [0, 0.1) is 0 Å². The summed E-state index contributed by atoms with van der Waals surface area (Å²) in [4.78, 5) is 11.3. The molecule has 0 fully saturated rings. The topological polar surface area (TPSA) is 73.6 Å². The summed E-state index contributed by atoms with van der Waals surface area (Å²) in [5.74, 6) is -0.330. The number of carbonyl (C=O) groups excluding carboxylic acids is 1. The molecule has 0 saturated carbocycles. The highest BCUT2D eigenvalue weighted by Crippen LogP contribution is 2.13. The van der Waals surface area contributed by atoms with E-state index in [4.69, 9.17) is 10.5 Å². The van der Waals surface area contributed by atoms with Gasteiger partial charge in [0.25, 0.3) is 0 Å². The van der Waals surface area contributed by atoms with Crippen molar-refractivity contribution in [2.45, 2.75) is 18.9 Å². The molecular formula is C14H22N2O3. The van der Waals surface area contributed by atoms with Crippen molar-refractivity contribution in [3.05, 3.63) is 29.8 Å². The molecule has 1 rings (SSSR count). The van der Waals surface area contributed by atoms with Gasteiger partial charge in [-0.2, -0.15) is 0 Å². The van der Waals surface area contributed by atoms with Gasteiger partial charge in [0.1, 0.15) is 0 Å². The third-order valence-corrected chi connectivity index (χ3v) is 2.80. The fourth-order valence-corrected chi connectivity index (χ4v) is 1.82. The van der Waals surface area contributed by atoms with Crippen LogP contribution in [-0.4, -0.2) is 39.4 Å². The Kier molecular flexibility index (Phi) is 6.92. The largest absolute Gasteiger partial charge is 0.465 e. The van der Waals surface area contributed by atoms with Crippen LogP contribution in [0.1, 0.15) is 23.2 Å². The molecule has 106 valence electrons. The molecule has 5 nitrogen and oxygen atoms in total. The maximum atomic E-state index is 11.3. The van der Waals surface area contributed by atoms with Crippen LogP contribution in [-0.2, 0) is 9.47 Å². The lowest BCUT2D eigenvalue weighted by Crippen LogP contribution is -2.25. The van der Waals surface area contributed by atoms with Gasteiger partial charge in [0.05, 0.1) is 19.3 Å². The molecule has 0 amide bonds. The minimum atomic E-state index is -0.330. The molecule has 0 spiro atoms. The van der Waals surface area contributed by atoms with Gasteiger partial charge in [0, 0.05) is 18.8 Å². The molecule has 0 saturated heterocycles. The molecule has 0 aliphatic carbocycles. The maximum absolute atomic E-state index is 11.3. The van der Waals surface area contributed by atoms with Gasteiger partial charge in [-0.25, -0.2) is 4.79 Å². The maximum Gasteiger partial charge on any atom is 0.337 e. The van der Waals surface area contributed by atoms with Crippen molar-refractivity contribution in [3.8, 4) is 0 Å². The summed E-state index contributed by atoms with van der Waals surface area (Å²) < 4.78 is 9.83. The van der Waals surface area contributed by atoms with E-state index < -0.39 is 0 Å². The summed E-state index contributed by atoms with van der Waals surface area (Å²) in [6.45, 7) is 1.29. The number of hydrogen-bond acceptors (Lipinski definition) is 5. The van der Waals surface area contributed by atoms with Gasteiger partial charge in [0.15, 0.2) is 0 Å². The number of methoxy groups -OCH3 is 2. The quantitative estimate of drug-likeness (QED) is 0.700. The lowest BCUT2D eigenvalue weighted by atomic mass is 10.1. The molecule has 1 aromatic rings. The van der Waals surface area contributed by atoms with Crippen LogP contribution in [0.4, 0.5) is 5.69 Å². The fraction of sp³-hybridized carbons (Fsp3) is 0.500. The predicted molar refractivity (Wildman–Crippen MR) is 75.4 cm³/mol. The number of rotatable bonds is 8. The van der Waals surface area contributed by atoms with Gasteiger partial charge in [-0.15, -0.1) is 0 Å². The number of anilines is 1. The van der Waals surface area contributed by atoms with Gasteiger partial charge in [-0.3, -0.25) is 0 Å². The second kappa shape index (κ2) is 8.50. The zero-order valence-electron chi connectivity index (χ0n) is 11.5. The number of nitrogens with one attached hydrogen (secondary N) is 1. The van der Waals surface area contributed by atoms with E-state index in [1.807, 2.05) is 12.1 Å². The molecule has 0 aliphatic rings. The fourth-order valence-electron chi connectivity index (χ4n) is 1.82. The highest BCUT2D eigenvalue weighted by Gasteiger charge is 2.09. The third-order valence-electron chi connectivity index (χ3n) is 2.80. The van der Waals surface area contributed by atoms with Gasteiger partial charge in [-0.05, 0) is 43.7 Å². The highest BCUT2D eigenvalue weighted by atomic mass is 16.5. The summed E-state index contributed by atoms with van der Waals surface area (Å²) in [6.07, 6.45) is 1.89. The summed E-state index contributed by atoms with van der Waals surface area (Å²) in [6, 6.07) is 7.41. The standard InChI is InChI=1S/C14H22N2O3/c1-18-10-13(4-3-9-15)16-12-7-5-11(6-8-12)14(17)19-2/h5-8,13,16H,3-4,9-10,15H2,1-2H3. The normalized spacial score (nSPS) is 11.9. The monoisotopic (exact) mass is 266 g/mol. The van der Waals surface area contributed by atoms with E-state index in [9.17, 15) is 4.79 Å². The molecule has 1 atom stereocenters. The summed E-state index contributed by atoms with van der Waals surface area (Å²) in [5.41, 5.74) is 7.01. The van der Waals surface area contributed by atoms with Crippen LogP contribution >= 0.6 is 0 Å². The van der Waals surface area contributed by atoms with E-state index in [1.165, 1.54) is 7.11 Å². The van der Waals surface area contributed by atoms with Crippen molar-refractivity contribution in [2.24, 2.45) is 5.73 Å². The predicted octanol–water partition coefficient (Wildman–Crippen LogP) is 1.64. The second-order valence-corrected chi connectivity index (χ2v) is 4.30. The minimum Gasteiger partial charge on any atom is -0.465 e. The summed E-state index contributed by atoms with van der Waals surface area (Å²) >= 11 is 0. The molecule has 0 radical (unpaired) electrons. The average Bonchev–Trinajstić information content (AvgIpc) is 2.45. The van der Waals surface area contributed by atoms with Crippen molar-refractivity contribution in [1.29, 1.82) is 0 Å². The Morgan fingerprint density at radius 3 is 2.53 bits per heavy atom. The molecule has 3 N–H and O–H groups in total. The Bertz CT molecular complexity index is 379. The van der Waals surface area contributed by atoms with Gasteiger partial charge in [0.2, 0.25) is 0 Å². The van der Waals surface area contributed by atoms with Gasteiger partial charge < -0.3 is 20.5 Å². The Hall–Kier alpha value is -1.59. The van der Waals surface area contributed by atoms with E-state index in [1.54, 1.807) is 19.2 Å². The van der Waals surface area contributed by atoms with Crippen LogP contribution in [0.15, 0.2) is 24.3 Å². The number of carbonyl (C=O) groups is 1. The number of benzene rings is 1. The van der Waals surface area contributed by atoms with Crippen molar-refractivity contribution in [2.75, 3.05) is 32.7 Å². The first-order valence-electron chi connectivity index (χ1n) is 6.35. The first kappa shape index (κ1) is 15.5. The van der Waals surface area contributed by atoms with Crippen LogP contribution in [0.3, 0.4) is 0 Å². The zero-order valence-corrected chi connectivity index (χ0v) is 11.5. The van der Waals surface area contributed by atoms with Crippen LogP contribution < -0.4 is 11.1 Å². The lowest BCUT2D eigenvalue weighted by Gasteiger charge is -2.19. The lowest BCUT2D eigenvalue weighted by molar-refractivity contribution is 0.0601. The molecule has 1 aromatic carbocycles. The Balaban J connectivity index is 2.60. The van der Waals surface area contributed by atoms with Gasteiger partial charge >= 0.3 is 5.97 Å². The smallest absolute Gasteiger partial charge is 0.337 e.